The molecule has 1 rings (SSSR count). The highest BCUT2D eigenvalue weighted by Crippen LogP contribution is 2.19. The summed E-state index contributed by atoms with van der Waals surface area (Å²) in [6.45, 7) is 3.59. The van der Waals surface area contributed by atoms with Crippen LogP contribution in [0.15, 0.2) is 22.5 Å². The van der Waals surface area contributed by atoms with Crippen molar-refractivity contribution in [3.8, 4) is 0 Å². The molecule has 1 atom stereocenters. The van der Waals surface area contributed by atoms with Gasteiger partial charge in [0.2, 0.25) is 5.91 Å². The summed E-state index contributed by atoms with van der Waals surface area (Å²) in [5.74, 6) is 1.29. The van der Waals surface area contributed by atoms with Crippen molar-refractivity contribution >= 4 is 47.2 Å². The van der Waals surface area contributed by atoms with Gasteiger partial charge < -0.3 is 15.5 Å². The lowest BCUT2D eigenvalue weighted by Gasteiger charge is -2.16. The van der Waals surface area contributed by atoms with E-state index in [4.69, 9.17) is 0 Å². The zero-order valence-electron chi connectivity index (χ0n) is 13.0. The van der Waals surface area contributed by atoms with E-state index in [0.29, 0.717) is 18.9 Å². The molecule has 0 saturated carbocycles. The molecule has 0 fully saturated rings. The Balaban J connectivity index is 0.00000400. The smallest absolute Gasteiger partial charge is 0.223 e. The van der Waals surface area contributed by atoms with Crippen LogP contribution in [0.4, 0.5) is 0 Å². The van der Waals surface area contributed by atoms with Crippen LogP contribution in [0.2, 0.25) is 0 Å². The lowest BCUT2D eigenvalue weighted by Crippen LogP contribution is -2.40. The van der Waals surface area contributed by atoms with Crippen molar-refractivity contribution in [3.05, 3.63) is 22.4 Å². The van der Waals surface area contributed by atoms with Gasteiger partial charge in [-0.25, -0.2) is 0 Å². The molecule has 0 radical (unpaired) electrons. The van der Waals surface area contributed by atoms with Crippen LogP contribution in [0.25, 0.3) is 0 Å². The number of amides is 1. The van der Waals surface area contributed by atoms with Crippen molar-refractivity contribution in [2.75, 3.05) is 34.2 Å². The summed E-state index contributed by atoms with van der Waals surface area (Å²) >= 11 is 1.76. The van der Waals surface area contributed by atoms with Crippen molar-refractivity contribution in [2.45, 2.75) is 19.3 Å². The molecule has 1 aromatic heterocycles. The monoisotopic (exact) mass is 424 g/mol. The maximum absolute atomic E-state index is 11.5. The Morgan fingerprint density at radius 1 is 1.43 bits per heavy atom. The number of carbonyl (C=O) groups excluding carboxylic acids is 1. The third-order valence-electron chi connectivity index (χ3n) is 2.96. The molecule has 1 heterocycles. The van der Waals surface area contributed by atoms with Crippen LogP contribution in [-0.4, -0.2) is 51.0 Å². The topological polar surface area (TPSA) is 56.7 Å². The van der Waals surface area contributed by atoms with Gasteiger partial charge in [0.1, 0.15) is 0 Å². The fourth-order valence-corrected chi connectivity index (χ4v) is 2.44. The van der Waals surface area contributed by atoms with Crippen molar-refractivity contribution in [1.29, 1.82) is 0 Å². The molecule has 0 aliphatic heterocycles. The van der Waals surface area contributed by atoms with E-state index in [9.17, 15) is 4.79 Å². The molecule has 0 saturated heterocycles. The van der Waals surface area contributed by atoms with Gasteiger partial charge in [-0.2, -0.15) is 0 Å². The van der Waals surface area contributed by atoms with Gasteiger partial charge in [0.25, 0.3) is 0 Å². The standard InChI is InChI=1S/C14H24N4OS.HI/c1-11(12-6-5-9-20-12)10-17-14(15-2)16-8-7-13(19)18(3)4;/h5-6,9,11H,7-8,10H2,1-4H3,(H2,15,16,17);1H. The molecule has 21 heavy (non-hydrogen) atoms. The number of halogens is 1. The quantitative estimate of drug-likeness (QED) is 0.418. The van der Waals surface area contributed by atoms with Crippen LogP contribution in [0.5, 0.6) is 0 Å². The van der Waals surface area contributed by atoms with E-state index in [2.05, 4.69) is 40.1 Å². The number of carbonyl (C=O) groups is 1. The van der Waals surface area contributed by atoms with Crippen molar-refractivity contribution < 1.29 is 4.79 Å². The Morgan fingerprint density at radius 3 is 2.67 bits per heavy atom. The number of nitrogens with zero attached hydrogens (tertiary/aromatic N) is 2. The summed E-state index contributed by atoms with van der Waals surface area (Å²) in [7, 11) is 5.26. The number of hydrogen-bond donors (Lipinski definition) is 2. The van der Waals surface area contributed by atoms with Crippen molar-refractivity contribution in [2.24, 2.45) is 4.99 Å². The molecule has 0 aliphatic rings. The van der Waals surface area contributed by atoms with Crippen LogP contribution < -0.4 is 10.6 Å². The van der Waals surface area contributed by atoms with Gasteiger partial charge in [-0.3, -0.25) is 9.79 Å². The minimum atomic E-state index is 0. The number of guanidine groups is 1. The van der Waals surface area contributed by atoms with Crippen LogP contribution in [0.1, 0.15) is 24.1 Å². The third-order valence-corrected chi connectivity index (χ3v) is 4.06. The van der Waals surface area contributed by atoms with Gasteiger partial charge in [0.15, 0.2) is 5.96 Å². The largest absolute Gasteiger partial charge is 0.356 e. The van der Waals surface area contributed by atoms with E-state index >= 15 is 0 Å². The summed E-state index contributed by atoms with van der Waals surface area (Å²) in [6, 6.07) is 4.21. The fourth-order valence-electron chi connectivity index (χ4n) is 1.65. The average molecular weight is 424 g/mol. The predicted octanol–water partition coefficient (Wildman–Crippen LogP) is 2.11. The summed E-state index contributed by atoms with van der Waals surface area (Å²) < 4.78 is 0. The molecule has 0 bridgehead atoms. The molecule has 2 N–H and O–H groups in total. The van der Waals surface area contributed by atoms with Crippen LogP contribution in [0, 0.1) is 0 Å². The lowest BCUT2D eigenvalue weighted by atomic mass is 10.1. The second-order valence-electron chi connectivity index (χ2n) is 4.83. The van der Waals surface area contributed by atoms with Gasteiger partial charge >= 0.3 is 0 Å². The second-order valence-corrected chi connectivity index (χ2v) is 5.81. The Hall–Kier alpha value is -0.830. The molecule has 1 amide bonds. The SMILES string of the molecule is CN=C(NCCC(=O)N(C)C)NCC(C)c1cccs1.I. The zero-order chi connectivity index (χ0) is 15.0. The van der Waals surface area contributed by atoms with E-state index in [1.165, 1.54) is 4.88 Å². The minimum absolute atomic E-state index is 0. The van der Waals surface area contributed by atoms with Gasteiger partial charge in [-0.15, -0.1) is 35.3 Å². The third kappa shape index (κ3) is 7.66. The first-order valence-electron chi connectivity index (χ1n) is 6.72. The normalized spacial score (nSPS) is 12.3. The molecule has 0 aliphatic carbocycles. The molecule has 5 nitrogen and oxygen atoms in total. The first-order valence-corrected chi connectivity index (χ1v) is 7.60. The molecule has 0 spiro atoms. The van der Waals surface area contributed by atoms with Gasteiger partial charge in [-0.05, 0) is 11.4 Å². The highest BCUT2D eigenvalue weighted by molar-refractivity contribution is 14.0. The lowest BCUT2D eigenvalue weighted by molar-refractivity contribution is -0.128. The maximum atomic E-state index is 11.5. The fraction of sp³-hybridized carbons (Fsp3) is 0.571. The minimum Gasteiger partial charge on any atom is -0.356 e. The Morgan fingerprint density at radius 2 is 2.14 bits per heavy atom. The highest BCUT2D eigenvalue weighted by atomic mass is 127. The van der Waals surface area contributed by atoms with Gasteiger partial charge in [0, 0.05) is 51.4 Å². The maximum Gasteiger partial charge on any atom is 0.223 e. The van der Waals surface area contributed by atoms with E-state index in [1.807, 2.05) is 0 Å². The number of nitrogens with one attached hydrogen (secondary N) is 2. The first-order chi connectivity index (χ1) is 9.54. The average Bonchev–Trinajstić information content (AvgIpc) is 2.95. The van der Waals surface area contributed by atoms with Crippen LogP contribution >= 0.6 is 35.3 Å². The molecule has 1 aromatic rings. The highest BCUT2D eigenvalue weighted by Gasteiger charge is 2.08. The molecule has 7 heteroatoms. The number of rotatable bonds is 6. The van der Waals surface area contributed by atoms with E-state index in [-0.39, 0.29) is 29.9 Å². The summed E-state index contributed by atoms with van der Waals surface area (Å²) in [4.78, 5) is 18.6. The number of hydrogen-bond acceptors (Lipinski definition) is 3. The van der Waals surface area contributed by atoms with Crippen molar-refractivity contribution in [1.82, 2.24) is 15.5 Å². The zero-order valence-corrected chi connectivity index (χ0v) is 16.2. The Kier molecular flexibility index (Phi) is 10.4. The molecule has 120 valence electrons. The van der Waals surface area contributed by atoms with Crippen molar-refractivity contribution in [3.63, 3.8) is 0 Å². The molecular formula is C14H25IN4OS. The van der Waals surface area contributed by atoms with Crippen LogP contribution in [0.3, 0.4) is 0 Å². The molecule has 0 aromatic carbocycles. The van der Waals surface area contributed by atoms with Gasteiger partial charge in [-0.1, -0.05) is 13.0 Å². The van der Waals surface area contributed by atoms with E-state index in [1.54, 1.807) is 37.4 Å². The Bertz CT molecular complexity index is 434. The predicted molar refractivity (Wildman–Crippen MR) is 101 cm³/mol. The van der Waals surface area contributed by atoms with E-state index in [0.717, 1.165) is 12.5 Å². The second kappa shape index (κ2) is 10.8. The molecular weight excluding hydrogens is 399 g/mol. The molecule has 1 unspecified atom stereocenters. The first kappa shape index (κ1) is 20.2. The number of thiophene rings is 1. The van der Waals surface area contributed by atoms with Crippen LogP contribution in [-0.2, 0) is 4.79 Å². The summed E-state index contributed by atoms with van der Waals surface area (Å²) in [5.41, 5.74) is 0. The summed E-state index contributed by atoms with van der Waals surface area (Å²) in [6.07, 6.45) is 0.466. The number of aliphatic imine (C=N–C) groups is 1. The summed E-state index contributed by atoms with van der Waals surface area (Å²) in [5, 5.41) is 8.52. The Labute approximate surface area is 148 Å². The van der Waals surface area contributed by atoms with Gasteiger partial charge in [0.05, 0.1) is 0 Å². The van der Waals surface area contributed by atoms with E-state index < -0.39 is 0 Å².